The van der Waals surface area contributed by atoms with Gasteiger partial charge in [0.05, 0.1) is 5.69 Å². The van der Waals surface area contributed by atoms with Gasteiger partial charge in [-0.1, -0.05) is 0 Å². The van der Waals surface area contributed by atoms with Crippen molar-refractivity contribution in [2.45, 2.75) is 45.6 Å². The Morgan fingerprint density at radius 1 is 1.53 bits per heavy atom. The van der Waals surface area contributed by atoms with E-state index in [4.69, 9.17) is 5.73 Å². The molecule has 0 saturated heterocycles. The van der Waals surface area contributed by atoms with Crippen LogP contribution in [0.2, 0.25) is 0 Å². The van der Waals surface area contributed by atoms with Gasteiger partial charge in [-0.05, 0) is 44.6 Å². The zero-order chi connectivity index (χ0) is 14.0. The number of nitrogens with two attached hydrogens (primary N) is 1. The average Bonchev–Trinajstić information content (AvgIpc) is 3.16. The molecule has 1 saturated carbocycles. The second kappa shape index (κ2) is 5.74. The number of carbonyl (C=O) groups is 1. The first-order chi connectivity index (χ1) is 8.99. The molecule has 1 amide bonds. The summed E-state index contributed by atoms with van der Waals surface area (Å²) in [7, 11) is 1.93. The van der Waals surface area contributed by atoms with Gasteiger partial charge < -0.3 is 11.1 Å². The third-order valence-corrected chi connectivity index (χ3v) is 4.02. The van der Waals surface area contributed by atoms with Crippen LogP contribution < -0.4 is 11.1 Å². The molecular weight excluding hydrogens is 240 g/mol. The Morgan fingerprint density at radius 2 is 2.21 bits per heavy atom. The fraction of sp³-hybridized carbons (Fsp3) is 0.714. The topological polar surface area (TPSA) is 72.9 Å². The highest BCUT2D eigenvalue weighted by Crippen LogP contribution is 2.31. The minimum Gasteiger partial charge on any atom is -0.355 e. The molecule has 0 bridgehead atoms. The smallest absolute Gasteiger partial charge is 0.220 e. The number of nitrogens with one attached hydrogen (secondary N) is 1. The lowest BCUT2D eigenvalue weighted by Gasteiger charge is -2.11. The molecule has 19 heavy (non-hydrogen) atoms. The van der Waals surface area contributed by atoms with Gasteiger partial charge in [0.1, 0.15) is 0 Å². The Labute approximate surface area is 114 Å². The van der Waals surface area contributed by atoms with Crippen molar-refractivity contribution in [2.75, 3.05) is 6.54 Å². The molecule has 0 aromatic carbocycles. The fourth-order valence-corrected chi connectivity index (χ4v) is 2.43. The van der Waals surface area contributed by atoms with E-state index in [1.807, 2.05) is 25.6 Å². The Bertz CT molecular complexity index is 462. The van der Waals surface area contributed by atoms with E-state index < -0.39 is 0 Å². The van der Waals surface area contributed by atoms with Crippen LogP contribution in [0.25, 0.3) is 0 Å². The summed E-state index contributed by atoms with van der Waals surface area (Å²) in [5, 5.41) is 7.29. The normalized spacial score (nSPS) is 16.4. The molecule has 1 atom stereocenters. The quantitative estimate of drug-likeness (QED) is 0.799. The molecule has 5 nitrogen and oxygen atoms in total. The monoisotopic (exact) mass is 264 g/mol. The van der Waals surface area contributed by atoms with Crippen molar-refractivity contribution in [2.24, 2.45) is 18.7 Å². The second-order valence-electron chi connectivity index (χ2n) is 5.58. The van der Waals surface area contributed by atoms with Crippen molar-refractivity contribution in [1.29, 1.82) is 0 Å². The van der Waals surface area contributed by atoms with E-state index in [1.165, 1.54) is 18.4 Å². The maximum absolute atomic E-state index is 11.8. The number of hydrogen-bond acceptors (Lipinski definition) is 3. The highest BCUT2D eigenvalue weighted by Gasteiger charge is 2.28. The third kappa shape index (κ3) is 3.56. The summed E-state index contributed by atoms with van der Waals surface area (Å²) in [6, 6.07) is 0.130. The van der Waals surface area contributed by atoms with Gasteiger partial charge >= 0.3 is 0 Å². The maximum atomic E-state index is 11.8. The third-order valence-electron chi connectivity index (χ3n) is 4.02. The second-order valence-corrected chi connectivity index (χ2v) is 5.58. The summed E-state index contributed by atoms with van der Waals surface area (Å²) in [5.41, 5.74) is 9.30. The Balaban J connectivity index is 1.76. The standard InChI is InChI=1S/C14H24N4O/c1-9-12(10(2)18(3)17-9)6-7-14(19)16-8-13(15)11-4-5-11/h11,13H,4-8,15H2,1-3H3,(H,16,19). The predicted octanol–water partition coefficient (Wildman–Crippen LogP) is 0.823. The van der Waals surface area contributed by atoms with E-state index in [-0.39, 0.29) is 11.9 Å². The molecule has 1 aromatic rings. The van der Waals surface area contributed by atoms with Crippen LogP contribution in [0.15, 0.2) is 0 Å². The Morgan fingerprint density at radius 3 is 2.74 bits per heavy atom. The molecule has 0 radical (unpaired) electrons. The van der Waals surface area contributed by atoms with E-state index >= 15 is 0 Å². The van der Waals surface area contributed by atoms with Gasteiger partial charge in [0.15, 0.2) is 0 Å². The summed E-state index contributed by atoms with van der Waals surface area (Å²) in [4.78, 5) is 11.8. The highest BCUT2D eigenvalue weighted by molar-refractivity contribution is 5.76. The Kier molecular flexibility index (Phi) is 4.24. The summed E-state index contributed by atoms with van der Waals surface area (Å²) >= 11 is 0. The maximum Gasteiger partial charge on any atom is 0.220 e. The molecule has 1 unspecified atom stereocenters. The fourth-order valence-electron chi connectivity index (χ4n) is 2.43. The van der Waals surface area contributed by atoms with Crippen molar-refractivity contribution < 1.29 is 4.79 Å². The van der Waals surface area contributed by atoms with E-state index in [2.05, 4.69) is 10.4 Å². The van der Waals surface area contributed by atoms with E-state index in [0.29, 0.717) is 18.9 Å². The molecule has 0 spiro atoms. The molecule has 1 heterocycles. The van der Waals surface area contributed by atoms with Crippen molar-refractivity contribution in [1.82, 2.24) is 15.1 Å². The van der Waals surface area contributed by atoms with Crippen molar-refractivity contribution >= 4 is 5.91 Å². The van der Waals surface area contributed by atoms with Crippen LogP contribution in [0.3, 0.4) is 0 Å². The molecule has 1 fully saturated rings. The number of nitrogens with zero attached hydrogens (tertiary/aromatic N) is 2. The number of carbonyl (C=O) groups excluding carboxylic acids is 1. The molecule has 1 aliphatic carbocycles. The zero-order valence-electron chi connectivity index (χ0n) is 12.1. The van der Waals surface area contributed by atoms with Gasteiger partial charge in [0, 0.05) is 31.7 Å². The molecule has 0 aliphatic heterocycles. The number of amides is 1. The first kappa shape index (κ1) is 14.1. The zero-order valence-corrected chi connectivity index (χ0v) is 12.1. The summed E-state index contributed by atoms with van der Waals surface area (Å²) < 4.78 is 1.87. The van der Waals surface area contributed by atoms with Crippen LogP contribution in [-0.2, 0) is 18.3 Å². The van der Waals surface area contributed by atoms with E-state index in [0.717, 1.165) is 17.8 Å². The van der Waals surface area contributed by atoms with Crippen molar-refractivity contribution in [3.05, 3.63) is 17.0 Å². The van der Waals surface area contributed by atoms with Gasteiger partial charge in [-0.2, -0.15) is 5.10 Å². The minimum atomic E-state index is 0.0822. The van der Waals surface area contributed by atoms with Crippen LogP contribution in [0.5, 0.6) is 0 Å². The molecule has 2 rings (SSSR count). The van der Waals surface area contributed by atoms with Crippen LogP contribution in [0.4, 0.5) is 0 Å². The first-order valence-corrected chi connectivity index (χ1v) is 7.00. The van der Waals surface area contributed by atoms with Crippen LogP contribution >= 0.6 is 0 Å². The van der Waals surface area contributed by atoms with Crippen LogP contribution in [0, 0.1) is 19.8 Å². The first-order valence-electron chi connectivity index (χ1n) is 7.00. The van der Waals surface area contributed by atoms with Crippen LogP contribution in [-0.4, -0.2) is 28.3 Å². The largest absolute Gasteiger partial charge is 0.355 e. The van der Waals surface area contributed by atoms with Crippen LogP contribution in [0.1, 0.15) is 36.2 Å². The van der Waals surface area contributed by atoms with Gasteiger partial charge in [-0.25, -0.2) is 0 Å². The van der Waals surface area contributed by atoms with Crippen molar-refractivity contribution in [3.8, 4) is 0 Å². The van der Waals surface area contributed by atoms with E-state index in [9.17, 15) is 4.79 Å². The number of aryl methyl sites for hydroxylation is 2. The van der Waals surface area contributed by atoms with Crippen molar-refractivity contribution in [3.63, 3.8) is 0 Å². The van der Waals surface area contributed by atoms with Gasteiger partial charge in [-0.3, -0.25) is 9.48 Å². The SMILES string of the molecule is Cc1nn(C)c(C)c1CCC(=O)NCC(N)C1CC1. The molecule has 5 heteroatoms. The average molecular weight is 264 g/mol. The number of hydrogen-bond donors (Lipinski definition) is 2. The molecular formula is C14H24N4O. The Hall–Kier alpha value is -1.36. The molecule has 3 N–H and O–H groups in total. The lowest BCUT2D eigenvalue weighted by atomic mass is 10.1. The predicted molar refractivity (Wildman–Crippen MR) is 74.7 cm³/mol. The number of aromatic nitrogens is 2. The summed E-state index contributed by atoms with van der Waals surface area (Å²) in [5.74, 6) is 0.710. The highest BCUT2D eigenvalue weighted by atomic mass is 16.1. The molecule has 106 valence electrons. The molecule has 1 aliphatic rings. The van der Waals surface area contributed by atoms with Gasteiger partial charge in [0.25, 0.3) is 0 Å². The number of rotatable bonds is 6. The van der Waals surface area contributed by atoms with E-state index in [1.54, 1.807) is 0 Å². The summed E-state index contributed by atoms with van der Waals surface area (Å²) in [6.45, 7) is 4.63. The lowest BCUT2D eigenvalue weighted by Crippen LogP contribution is -2.38. The minimum absolute atomic E-state index is 0.0822. The van der Waals surface area contributed by atoms with Gasteiger partial charge in [0.2, 0.25) is 5.91 Å². The molecule has 1 aromatic heterocycles. The van der Waals surface area contributed by atoms with Gasteiger partial charge in [-0.15, -0.1) is 0 Å². The lowest BCUT2D eigenvalue weighted by molar-refractivity contribution is -0.121. The summed E-state index contributed by atoms with van der Waals surface area (Å²) in [6.07, 6.45) is 3.68.